The zero-order chi connectivity index (χ0) is 21.8. The molecule has 0 aromatic heterocycles. The van der Waals surface area contributed by atoms with Crippen molar-refractivity contribution in [1.29, 1.82) is 5.26 Å². The van der Waals surface area contributed by atoms with Gasteiger partial charge in [-0.2, -0.15) is 5.26 Å². The molecule has 1 fully saturated rings. The van der Waals surface area contributed by atoms with E-state index in [4.69, 9.17) is 9.47 Å². The van der Waals surface area contributed by atoms with Crippen molar-refractivity contribution in [3.63, 3.8) is 0 Å². The summed E-state index contributed by atoms with van der Waals surface area (Å²) in [5.74, 6) is -0.145. The lowest BCUT2D eigenvalue weighted by atomic mass is 9.99. The van der Waals surface area contributed by atoms with Crippen LogP contribution in [-0.2, 0) is 4.74 Å². The van der Waals surface area contributed by atoms with Crippen LogP contribution in [-0.4, -0.2) is 70.7 Å². The second kappa shape index (κ2) is 9.21. The molecule has 9 heteroatoms. The van der Waals surface area contributed by atoms with E-state index in [9.17, 15) is 30.5 Å². The topological polar surface area (TPSA) is 152 Å². The van der Waals surface area contributed by atoms with Crippen LogP contribution in [0.3, 0.4) is 0 Å². The van der Waals surface area contributed by atoms with E-state index in [2.05, 4.69) is 5.32 Å². The van der Waals surface area contributed by atoms with Gasteiger partial charge in [0.1, 0.15) is 36.2 Å². The third-order valence-corrected chi connectivity index (χ3v) is 4.88. The van der Waals surface area contributed by atoms with Gasteiger partial charge in [-0.25, -0.2) is 0 Å². The number of nitrogens with zero attached hydrogens (tertiary/aromatic N) is 1. The molecule has 0 aliphatic carbocycles. The first kappa shape index (κ1) is 21.7. The summed E-state index contributed by atoms with van der Waals surface area (Å²) in [6.07, 6.45) is -7.19. The molecule has 1 saturated heterocycles. The summed E-state index contributed by atoms with van der Waals surface area (Å²) in [6.45, 7) is -0.587. The minimum absolute atomic E-state index is 0.0908. The van der Waals surface area contributed by atoms with E-state index in [0.717, 1.165) is 0 Å². The van der Waals surface area contributed by atoms with Crippen molar-refractivity contribution >= 4 is 5.91 Å². The first-order chi connectivity index (χ1) is 14.4. The molecule has 5 atom stereocenters. The van der Waals surface area contributed by atoms with Gasteiger partial charge in [0.05, 0.1) is 12.2 Å². The van der Waals surface area contributed by atoms with Crippen molar-refractivity contribution in [3.8, 4) is 22.9 Å². The molecule has 0 radical (unpaired) electrons. The van der Waals surface area contributed by atoms with Crippen LogP contribution in [0.25, 0.3) is 11.1 Å². The van der Waals surface area contributed by atoms with Crippen LogP contribution in [0.5, 0.6) is 5.75 Å². The van der Waals surface area contributed by atoms with Crippen LogP contribution in [0, 0.1) is 11.3 Å². The molecule has 0 saturated carbocycles. The van der Waals surface area contributed by atoms with Crippen molar-refractivity contribution < 1.29 is 34.7 Å². The standard InChI is InChI=1S/C21H22N2O7/c1-23-20(28)13-4-2-3-11(7-13)12-5-6-15(14(8-12)9-22)29-21-19(27)18(26)17(25)16(10-24)30-21/h2-8,16-19,21,24-27H,10H2,1H3,(H,23,28)/t16-,17-,18+,19+,21+/m1/s1. The summed E-state index contributed by atoms with van der Waals surface area (Å²) in [5.41, 5.74) is 1.98. The molecule has 2 aromatic rings. The van der Waals surface area contributed by atoms with Gasteiger partial charge in [0.25, 0.3) is 5.91 Å². The number of carbonyl (C=O) groups is 1. The molecule has 1 aliphatic rings. The minimum atomic E-state index is -1.59. The van der Waals surface area contributed by atoms with E-state index in [1.54, 1.807) is 36.4 Å². The van der Waals surface area contributed by atoms with E-state index in [1.165, 1.54) is 13.1 Å². The van der Waals surface area contributed by atoms with Crippen LogP contribution in [0.1, 0.15) is 15.9 Å². The van der Waals surface area contributed by atoms with Crippen LogP contribution < -0.4 is 10.1 Å². The van der Waals surface area contributed by atoms with E-state index in [1.807, 2.05) is 6.07 Å². The molecule has 158 valence electrons. The molecule has 2 aromatic carbocycles. The Morgan fingerprint density at radius 3 is 2.53 bits per heavy atom. The molecule has 5 N–H and O–H groups in total. The zero-order valence-corrected chi connectivity index (χ0v) is 16.1. The molecular formula is C21H22N2O7. The highest BCUT2D eigenvalue weighted by Gasteiger charge is 2.44. The summed E-state index contributed by atoms with van der Waals surface area (Å²) in [6, 6.07) is 13.6. The second-order valence-electron chi connectivity index (χ2n) is 6.80. The minimum Gasteiger partial charge on any atom is -0.461 e. The fourth-order valence-corrected chi connectivity index (χ4v) is 3.17. The monoisotopic (exact) mass is 414 g/mol. The summed E-state index contributed by atoms with van der Waals surface area (Å²) in [4.78, 5) is 11.9. The van der Waals surface area contributed by atoms with Gasteiger partial charge >= 0.3 is 0 Å². The molecular weight excluding hydrogens is 392 g/mol. The van der Waals surface area contributed by atoms with Crippen LogP contribution >= 0.6 is 0 Å². The lowest BCUT2D eigenvalue weighted by Gasteiger charge is -2.39. The van der Waals surface area contributed by atoms with E-state index < -0.39 is 37.3 Å². The number of ether oxygens (including phenoxy) is 2. The number of benzene rings is 2. The quantitative estimate of drug-likeness (QED) is 0.450. The zero-order valence-electron chi connectivity index (χ0n) is 16.1. The van der Waals surface area contributed by atoms with Gasteiger partial charge in [-0.05, 0) is 35.4 Å². The van der Waals surface area contributed by atoms with Gasteiger partial charge in [-0.3, -0.25) is 4.79 Å². The summed E-state index contributed by atoms with van der Waals surface area (Å²) in [5, 5.41) is 51.2. The van der Waals surface area contributed by atoms with Gasteiger partial charge in [0.2, 0.25) is 6.29 Å². The number of carbonyl (C=O) groups excluding carboxylic acids is 1. The van der Waals surface area contributed by atoms with Crippen molar-refractivity contribution in [2.75, 3.05) is 13.7 Å². The predicted octanol–water partition coefficient (Wildman–Crippen LogP) is -0.236. The first-order valence-corrected chi connectivity index (χ1v) is 9.23. The van der Waals surface area contributed by atoms with E-state index in [-0.39, 0.29) is 17.2 Å². The third kappa shape index (κ3) is 4.28. The van der Waals surface area contributed by atoms with Crippen molar-refractivity contribution in [3.05, 3.63) is 53.6 Å². The van der Waals surface area contributed by atoms with Crippen molar-refractivity contribution in [1.82, 2.24) is 5.32 Å². The summed E-state index contributed by atoms with van der Waals surface area (Å²) in [7, 11) is 1.54. The lowest BCUT2D eigenvalue weighted by molar-refractivity contribution is -0.277. The Labute approximate surface area is 172 Å². The first-order valence-electron chi connectivity index (χ1n) is 9.23. The maximum absolute atomic E-state index is 11.9. The van der Waals surface area contributed by atoms with Crippen molar-refractivity contribution in [2.45, 2.75) is 30.7 Å². The highest BCUT2D eigenvalue weighted by Crippen LogP contribution is 2.30. The number of hydrogen-bond donors (Lipinski definition) is 5. The highest BCUT2D eigenvalue weighted by molar-refractivity contribution is 5.95. The van der Waals surface area contributed by atoms with Crippen LogP contribution in [0.15, 0.2) is 42.5 Å². The largest absolute Gasteiger partial charge is 0.461 e. The number of aliphatic hydroxyl groups is 4. The molecule has 1 heterocycles. The second-order valence-corrected chi connectivity index (χ2v) is 6.80. The molecule has 0 spiro atoms. The van der Waals surface area contributed by atoms with Gasteiger partial charge in [0, 0.05) is 12.6 Å². The predicted molar refractivity (Wildman–Crippen MR) is 104 cm³/mol. The molecule has 9 nitrogen and oxygen atoms in total. The highest BCUT2D eigenvalue weighted by atomic mass is 16.7. The van der Waals surface area contributed by atoms with Gasteiger partial charge in [0.15, 0.2) is 0 Å². The molecule has 0 bridgehead atoms. The third-order valence-electron chi connectivity index (χ3n) is 4.88. The fourth-order valence-electron chi connectivity index (χ4n) is 3.17. The fraction of sp³-hybridized carbons (Fsp3) is 0.333. The van der Waals surface area contributed by atoms with Gasteiger partial charge in [-0.15, -0.1) is 0 Å². The lowest BCUT2D eigenvalue weighted by Crippen LogP contribution is -2.60. The Balaban J connectivity index is 1.87. The molecule has 0 unspecified atom stereocenters. The van der Waals surface area contributed by atoms with E-state index >= 15 is 0 Å². The maximum Gasteiger partial charge on any atom is 0.251 e. The van der Waals surface area contributed by atoms with Crippen molar-refractivity contribution in [2.24, 2.45) is 0 Å². The average Bonchev–Trinajstić information content (AvgIpc) is 2.79. The number of rotatable bonds is 5. The van der Waals surface area contributed by atoms with E-state index in [0.29, 0.717) is 16.7 Å². The summed E-state index contributed by atoms with van der Waals surface area (Å²) >= 11 is 0. The Hall–Kier alpha value is -3.00. The molecule has 1 amide bonds. The Bertz CT molecular complexity index is 957. The molecule has 1 aliphatic heterocycles. The number of aliphatic hydroxyl groups excluding tert-OH is 4. The Kier molecular flexibility index (Phi) is 6.66. The summed E-state index contributed by atoms with van der Waals surface area (Å²) < 4.78 is 10.9. The normalized spacial score (nSPS) is 25.9. The van der Waals surface area contributed by atoms with Gasteiger partial charge in [-0.1, -0.05) is 18.2 Å². The Morgan fingerprint density at radius 1 is 1.13 bits per heavy atom. The number of amides is 1. The average molecular weight is 414 g/mol. The smallest absolute Gasteiger partial charge is 0.251 e. The Morgan fingerprint density at radius 2 is 1.87 bits per heavy atom. The maximum atomic E-state index is 11.9. The number of nitriles is 1. The molecule has 3 rings (SSSR count). The van der Waals surface area contributed by atoms with Crippen LogP contribution in [0.2, 0.25) is 0 Å². The number of hydrogen-bond acceptors (Lipinski definition) is 8. The number of nitrogens with one attached hydrogen (secondary N) is 1. The SMILES string of the molecule is CNC(=O)c1cccc(-c2ccc(O[C@H]3O[C@H](CO)[C@@H](O)[C@H](O)[C@@H]3O)c(C#N)c2)c1. The van der Waals surface area contributed by atoms with Gasteiger partial charge < -0.3 is 35.2 Å². The van der Waals surface area contributed by atoms with Crippen LogP contribution in [0.4, 0.5) is 0 Å². The molecule has 30 heavy (non-hydrogen) atoms.